The normalized spacial score (nSPS) is 17.2. The van der Waals surface area contributed by atoms with Gasteiger partial charge in [0.2, 0.25) is 5.88 Å². The summed E-state index contributed by atoms with van der Waals surface area (Å²) in [4.78, 5) is 15.5. The number of amides is 1. The average Bonchev–Trinajstić information content (AvgIpc) is 2.55. The van der Waals surface area contributed by atoms with Gasteiger partial charge in [-0.1, -0.05) is 0 Å². The van der Waals surface area contributed by atoms with Crippen LogP contribution in [0.2, 0.25) is 0 Å². The second-order valence-corrected chi connectivity index (χ2v) is 4.79. The smallest absolute Gasteiger partial charge is 0.340 e. The first kappa shape index (κ1) is 23.6. The zero-order chi connectivity index (χ0) is 16.9. The van der Waals surface area contributed by atoms with Gasteiger partial charge >= 0.3 is 12.3 Å². The Balaban J connectivity index is 0.00000288. The first-order valence-electron chi connectivity index (χ1n) is 6.76. The fraction of sp³-hybridized carbons (Fsp3) is 0.538. The van der Waals surface area contributed by atoms with E-state index in [0.717, 1.165) is 0 Å². The van der Waals surface area contributed by atoms with Gasteiger partial charge in [0.05, 0.1) is 18.5 Å². The molecule has 1 amide bonds. The van der Waals surface area contributed by atoms with Crippen LogP contribution in [0.15, 0.2) is 18.3 Å². The van der Waals surface area contributed by atoms with E-state index in [4.69, 9.17) is 4.74 Å². The Morgan fingerprint density at radius 3 is 2.68 bits per heavy atom. The largest absolute Gasteiger partial charge is 0.471 e. The summed E-state index contributed by atoms with van der Waals surface area (Å²) in [5.41, 5.74) is 0.303. The van der Waals surface area contributed by atoms with Gasteiger partial charge in [-0.3, -0.25) is 4.79 Å². The van der Waals surface area contributed by atoms with Crippen molar-refractivity contribution in [3.05, 3.63) is 18.3 Å². The third-order valence-corrected chi connectivity index (χ3v) is 2.96. The molecule has 2 heterocycles. The van der Waals surface area contributed by atoms with Crippen LogP contribution < -0.4 is 15.4 Å². The molecule has 2 rings (SSSR count). The van der Waals surface area contributed by atoms with Crippen molar-refractivity contribution in [3.63, 3.8) is 0 Å². The summed E-state index contributed by atoms with van der Waals surface area (Å²) in [6.45, 7) is -0.0176. The van der Waals surface area contributed by atoms with Crippen molar-refractivity contribution in [2.24, 2.45) is 0 Å². The molecule has 1 unspecified atom stereocenters. The zero-order valence-corrected chi connectivity index (χ0v) is 14.3. The molecule has 1 aliphatic rings. The Labute approximate surface area is 153 Å². The van der Waals surface area contributed by atoms with E-state index in [0.29, 0.717) is 25.4 Å². The first-order valence-corrected chi connectivity index (χ1v) is 6.76. The molecule has 12 heteroatoms. The lowest BCUT2D eigenvalue weighted by Crippen LogP contribution is -2.45. The van der Waals surface area contributed by atoms with Crippen molar-refractivity contribution in [3.8, 4) is 5.88 Å². The Hall–Kier alpha value is -1.36. The number of alkyl halides is 4. The Morgan fingerprint density at radius 1 is 1.44 bits per heavy atom. The molecular formula is C13H17Cl2F4N3O3. The lowest BCUT2D eigenvalue weighted by molar-refractivity contribution is -0.148. The molecule has 1 aliphatic heterocycles. The molecule has 1 aromatic rings. The molecule has 0 bridgehead atoms. The van der Waals surface area contributed by atoms with Crippen molar-refractivity contribution >= 4 is 36.4 Å². The lowest BCUT2D eigenvalue weighted by Gasteiger charge is -2.22. The molecule has 25 heavy (non-hydrogen) atoms. The topological polar surface area (TPSA) is 72.5 Å². The van der Waals surface area contributed by atoms with E-state index in [-0.39, 0.29) is 36.6 Å². The number of nitrogens with one attached hydrogen (secondary N) is 2. The van der Waals surface area contributed by atoms with E-state index in [9.17, 15) is 22.4 Å². The number of morpholine rings is 1. The summed E-state index contributed by atoms with van der Waals surface area (Å²) in [5, 5.41) is 5.54. The maximum Gasteiger partial charge on any atom is 0.340 e. The predicted octanol–water partition coefficient (Wildman–Crippen LogP) is 2.13. The van der Waals surface area contributed by atoms with E-state index in [1.807, 2.05) is 0 Å². The number of carbonyl (C=O) groups is 1. The van der Waals surface area contributed by atoms with Crippen LogP contribution in [-0.2, 0) is 9.53 Å². The summed E-state index contributed by atoms with van der Waals surface area (Å²) in [6, 6.07) is 2.55. The molecule has 1 aromatic heterocycles. The van der Waals surface area contributed by atoms with Gasteiger partial charge in [0.15, 0.2) is 6.61 Å². The summed E-state index contributed by atoms with van der Waals surface area (Å²) < 4.78 is 59.2. The maximum atomic E-state index is 12.7. The summed E-state index contributed by atoms with van der Waals surface area (Å²) >= 11 is 0. The molecule has 6 nitrogen and oxygen atoms in total. The van der Waals surface area contributed by atoms with E-state index >= 15 is 0 Å². The molecule has 0 saturated carbocycles. The molecule has 1 fully saturated rings. The number of hydrogen-bond acceptors (Lipinski definition) is 5. The van der Waals surface area contributed by atoms with Crippen LogP contribution in [0.1, 0.15) is 0 Å². The minimum absolute atomic E-state index is 0. The number of aromatic nitrogens is 1. The zero-order valence-electron chi connectivity index (χ0n) is 12.7. The average molecular weight is 410 g/mol. The summed E-state index contributed by atoms with van der Waals surface area (Å²) in [6.07, 6.45) is -3.28. The van der Waals surface area contributed by atoms with Crippen LogP contribution >= 0.6 is 24.8 Å². The van der Waals surface area contributed by atoms with Crippen molar-refractivity contribution in [1.82, 2.24) is 10.3 Å². The highest BCUT2D eigenvalue weighted by Gasteiger charge is 2.41. The van der Waals surface area contributed by atoms with Crippen LogP contribution in [0.25, 0.3) is 0 Å². The highest BCUT2D eigenvalue weighted by atomic mass is 35.5. The first-order chi connectivity index (χ1) is 10.9. The fourth-order valence-electron chi connectivity index (χ4n) is 1.73. The summed E-state index contributed by atoms with van der Waals surface area (Å²) in [5.74, 6) is -4.88. The van der Waals surface area contributed by atoms with Gasteiger partial charge in [-0.25, -0.2) is 13.8 Å². The standard InChI is InChI=1S/C13H15F4N3O3.2ClH/c14-12(15)13(16,17)7-23-10-2-1-8(5-19-10)20-11(21)9-6-18-3-4-22-9;;/h1-2,5,9,12,18H,3-4,6-7H2,(H,20,21);2*1H. The van der Waals surface area contributed by atoms with E-state index in [1.165, 1.54) is 18.3 Å². The van der Waals surface area contributed by atoms with Crippen molar-refractivity contribution < 1.29 is 31.8 Å². The van der Waals surface area contributed by atoms with Gasteiger partial charge in [-0.05, 0) is 6.07 Å². The predicted molar refractivity (Wildman–Crippen MR) is 86.4 cm³/mol. The van der Waals surface area contributed by atoms with Gasteiger partial charge in [-0.15, -0.1) is 24.8 Å². The van der Waals surface area contributed by atoms with Crippen LogP contribution in [0, 0.1) is 0 Å². The van der Waals surface area contributed by atoms with Crippen molar-refractivity contribution in [2.75, 3.05) is 31.6 Å². The monoisotopic (exact) mass is 409 g/mol. The number of carbonyl (C=O) groups excluding carboxylic acids is 1. The van der Waals surface area contributed by atoms with Gasteiger partial charge in [-0.2, -0.15) is 8.78 Å². The second-order valence-electron chi connectivity index (χ2n) is 4.79. The molecule has 1 atom stereocenters. The van der Waals surface area contributed by atoms with Crippen LogP contribution in [0.3, 0.4) is 0 Å². The van der Waals surface area contributed by atoms with Crippen LogP contribution in [-0.4, -0.2) is 55.6 Å². The number of nitrogens with zero attached hydrogens (tertiary/aromatic N) is 1. The van der Waals surface area contributed by atoms with E-state index in [2.05, 4.69) is 20.4 Å². The Bertz CT molecular complexity index is 532. The minimum atomic E-state index is -4.25. The Kier molecular flexibility index (Phi) is 10.0. The van der Waals surface area contributed by atoms with Gasteiger partial charge < -0.3 is 20.1 Å². The maximum absolute atomic E-state index is 12.7. The number of pyridine rings is 1. The molecule has 0 spiro atoms. The number of halogens is 6. The molecular weight excluding hydrogens is 393 g/mol. The lowest BCUT2D eigenvalue weighted by atomic mass is 10.3. The van der Waals surface area contributed by atoms with Gasteiger partial charge in [0, 0.05) is 19.2 Å². The molecule has 1 saturated heterocycles. The highest BCUT2D eigenvalue weighted by Crippen LogP contribution is 2.24. The number of hydrogen-bond donors (Lipinski definition) is 2. The third-order valence-electron chi connectivity index (χ3n) is 2.96. The highest BCUT2D eigenvalue weighted by molar-refractivity contribution is 5.94. The van der Waals surface area contributed by atoms with Crippen molar-refractivity contribution in [2.45, 2.75) is 18.5 Å². The van der Waals surface area contributed by atoms with Crippen molar-refractivity contribution in [1.29, 1.82) is 0 Å². The SMILES string of the molecule is Cl.Cl.O=C(Nc1ccc(OCC(F)(F)C(F)F)nc1)C1CNCCO1. The van der Waals surface area contributed by atoms with Crippen LogP contribution in [0.4, 0.5) is 23.2 Å². The minimum Gasteiger partial charge on any atom is -0.471 e. The van der Waals surface area contributed by atoms with E-state index < -0.39 is 25.1 Å². The molecule has 0 radical (unpaired) electrons. The van der Waals surface area contributed by atoms with Gasteiger partial charge in [0.1, 0.15) is 6.10 Å². The van der Waals surface area contributed by atoms with Crippen LogP contribution in [0.5, 0.6) is 5.88 Å². The van der Waals surface area contributed by atoms with E-state index in [1.54, 1.807) is 0 Å². The third kappa shape index (κ3) is 7.18. The number of ether oxygens (including phenoxy) is 2. The summed E-state index contributed by atoms with van der Waals surface area (Å²) in [7, 11) is 0. The fourth-order valence-corrected chi connectivity index (χ4v) is 1.73. The number of rotatable bonds is 6. The Morgan fingerprint density at radius 2 is 2.16 bits per heavy atom. The second kappa shape index (κ2) is 10.6. The molecule has 0 aliphatic carbocycles. The molecule has 0 aromatic carbocycles. The molecule has 144 valence electrons. The molecule has 2 N–H and O–H groups in total. The quantitative estimate of drug-likeness (QED) is 0.704. The van der Waals surface area contributed by atoms with Gasteiger partial charge in [0.25, 0.3) is 5.91 Å². The number of anilines is 1.